The van der Waals surface area contributed by atoms with E-state index in [1.54, 1.807) is 0 Å². The predicted molar refractivity (Wildman–Crippen MR) is 103 cm³/mol. The molecule has 6 nitrogen and oxygen atoms in total. The highest BCUT2D eigenvalue weighted by Crippen LogP contribution is 2.31. The molecule has 1 aliphatic heterocycles. The van der Waals surface area contributed by atoms with Gasteiger partial charge in [0, 0.05) is 19.0 Å². The monoisotopic (exact) mass is 439 g/mol. The Morgan fingerprint density at radius 2 is 1.83 bits per heavy atom. The van der Waals surface area contributed by atoms with Crippen LogP contribution in [0.1, 0.15) is 17.5 Å². The molecule has 2 aromatic rings. The average molecular weight is 439 g/mol. The summed E-state index contributed by atoms with van der Waals surface area (Å²) in [5.74, 6) is 0.230. The van der Waals surface area contributed by atoms with Gasteiger partial charge in [-0.1, -0.05) is 0 Å². The van der Waals surface area contributed by atoms with Crippen molar-refractivity contribution in [3.8, 4) is 11.8 Å². The Bertz CT molecular complexity index is 995. The molecule has 1 fully saturated rings. The van der Waals surface area contributed by atoms with Gasteiger partial charge in [0.1, 0.15) is 11.9 Å². The second-order valence-electron chi connectivity index (χ2n) is 6.92. The smallest absolute Gasteiger partial charge is 0.416 e. The Kier molecular flexibility index (Phi) is 6.65. The van der Waals surface area contributed by atoms with Gasteiger partial charge >= 0.3 is 6.18 Å². The zero-order chi connectivity index (χ0) is 21.8. The number of nitrogens with zero attached hydrogens (tertiary/aromatic N) is 1. The molecule has 3 rings (SSSR count). The lowest BCUT2D eigenvalue weighted by Crippen LogP contribution is -2.40. The number of alkyl halides is 3. The fraction of sp³-hybridized carbons (Fsp3) is 0.350. The van der Waals surface area contributed by atoms with Crippen molar-refractivity contribution in [3.63, 3.8) is 0 Å². The van der Waals surface area contributed by atoms with Crippen LogP contribution >= 0.6 is 0 Å². The molecule has 0 amide bonds. The van der Waals surface area contributed by atoms with Gasteiger partial charge in [0.25, 0.3) is 0 Å². The molecule has 10 heteroatoms. The van der Waals surface area contributed by atoms with Crippen LogP contribution in [-0.4, -0.2) is 34.2 Å². The minimum absolute atomic E-state index is 0.00374. The molecule has 1 unspecified atom stereocenters. The van der Waals surface area contributed by atoms with Gasteiger partial charge in [-0.15, -0.1) is 0 Å². The first-order valence-corrected chi connectivity index (χ1v) is 10.7. The number of nitriles is 1. The molecule has 0 aromatic heterocycles. The first-order valence-electron chi connectivity index (χ1n) is 9.23. The highest BCUT2D eigenvalue weighted by atomic mass is 32.2. The maximum atomic E-state index is 12.7. The summed E-state index contributed by atoms with van der Waals surface area (Å²) in [5.41, 5.74) is -0.440. The third-order valence-electron chi connectivity index (χ3n) is 4.86. The molecule has 2 N–H and O–H groups in total. The number of benzene rings is 2. The first-order chi connectivity index (χ1) is 14.2. The molecule has 2 aromatic carbocycles. The number of hydrogen-bond acceptors (Lipinski definition) is 5. The van der Waals surface area contributed by atoms with Crippen LogP contribution in [0.3, 0.4) is 0 Å². The zero-order valence-electron chi connectivity index (χ0n) is 15.8. The maximum absolute atomic E-state index is 12.7. The lowest BCUT2D eigenvalue weighted by molar-refractivity contribution is -0.137. The van der Waals surface area contributed by atoms with Crippen LogP contribution in [-0.2, 0) is 16.2 Å². The molecular formula is C20H20F3N3O3S. The van der Waals surface area contributed by atoms with E-state index in [9.17, 15) is 21.6 Å². The van der Waals surface area contributed by atoms with Crippen molar-refractivity contribution in [2.45, 2.75) is 23.6 Å². The van der Waals surface area contributed by atoms with Crippen LogP contribution in [0.5, 0.6) is 5.75 Å². The summed E-state index contributed by atoms with van der Waals surface area (Å²) in [7, 11) is -3.84. The summed E-state index contributed by atoms with van der Waals surface area (Å²) in [6, 6.07) is 11.7. The Hall–Kier alpha value is -2.61. The normalized spacial score (nSPS) is 18.0. The Balaban J connectivity index is 1.71. The highest BCUT2D eigenvalue weighted by Gasteiger charge is 2.31. The number of nitrogens with one attached hydrogen (secondary N) is 2. The molecule has 1 saturated heterocycles. The molecule has 0 spiro atoms. The molecule has 1 aliphatic rings. The molecular weight excluding hydrogens is 419 g/mol. The topological polar surface area (TPSA) is 91.2 Å². The van der Waals surface area contributed by atoms with Crippen molar-refractivity contribution < 1.29 is 26.3 Å². The van der Waals surface area contributed by atoms with Gasteiger partial charge in [-0.25, -0.2) is 13.1 Å². The van der Waals surface area contributed by atoms with Gasteiger partial charge in [-0.05, 0) is 61.5 Å². The summed E-state index contributed by atoms with van der Waals surface area (Å²) in [4.78, 5) is 0.0133. The summed E-state index contributed by atoms with van der Waals surface area (Å²) in [5, 5.41) is 12.0. The quantitative estimate of drug-likeness (QED) is 0.692. The predicted octanol–water partition coefficient (Wildman–Crippen LogP) is 2.91. The van der Waals surface area contributed by atoms with E-state index in [4.69, 9.17) is 10.00 Å². The van der Waals surface area contributed by atoms with Gasteiger partial charge in [0.2, 0.25) is 10.0 Å². The van der Waals surface area contributed by atoms with E-state index in [0.717, 1.165) is 25.1 Å². The molecule has 0 radical (unpaired) electrons. The van der Waals surface area contributed by atoms with Crippen LogP contribution in [0.2, 0.25) is 0 Å². The SMILES string of the molecule is N#Cc1ccc(S(=O)(=O)NC[C@@H](Oc2ccc(C(F)(F)F)cc2)C2CCNC2)cc1. The van der Waals surface area contributed by atoms with Gasteiger partial charge in [-0.3, -0.25) is 0 Å². The highest BCUT2D eigenvalue weighted by molar-refractivity contribution is 7.89. The number of halogens is 3. The summed E-state index contributed by atoms with van der Waals surface area (Å²) in [6.45, 7) is 1.32. The second kappa shape index (κ2) is 9.04. The molecule has 0 bridgehead atoms. The van der Waals surface area contributed by atoms with Crippen molar-refractivity contribution in [3.05, 3.63) is 59.7 Å². The van der Waals surface area contributed by atoms with Crippen LogP contribution in [0, 0.1) is 17.2 Å². The van der Waals surface area contributed by atoms with Crippen LogP contribution in [0.25, 0.3) is 0 Å². The maximum Gasteiger partial charge on any atom is 0.416 e. The van der Waals surface area contributed by atoms with Crippen molar-refractivity contribution >= 4 is 10.0 Å². The van der Waals surface area contributed by atoms with E-state index in [1.807, 2.05) is 6.07 Å². The van der Waals surface area contributed by atoms with E-state index in [2.05, 4.69) is 10.0 Å². The van der Waals surface area contributed by atoms with Gasteiger partial charge in [0.05, 0.1) is 22.1 Å². The lowest BCUT2D eigenvalue weighted by atomic mass is 10.0. The number of hydrogen-bond donors (Lipinski definition) is 2. The van der Waals surface area contributed by atoms with E-state index in [-0.39, 0.29) is 23.1 Å². The third kappa shape index (κ3) is 5.50. The van der Waals surface area contributed by atoms with Gasteiger partial charge < -0.3 is 10.1 Å². The number of sulfonamides is 1. The Labute approximate surface area is 172 Å². The van der Waals surface area contributed by atoms with E-state index >= 15 is 0 Å². The van der Waals surface area contributed by atoms with E-state index < -0.39 is 27.9 Å². The second-order valence-corrected chi connectivity index (χ2v) is 8.69. The lowest BCUT2D eigenvalue weighted by Gasteiger charge is -2.25. The molecule has 30 heavy (non-hydrogen) atoms. The zero-order valence-corrected chi connectivity index (χ0v) is 16.6. The summed E-state index contributed by atoms with van der Waals surface area (Å²) in [6.07, 6.45) is -4.25. The standard InChI is InChI=1S/C20H20F3N3O3S/c21-20(22,23)16-3-5-17(6-4-16)29-19(15-9-10-25-12-15)13-26-30(27,28)18-7-1-14(11-24)2-8-18/h1-8,15,19,25-26H,9-10,12-13H2/t15?,19-/m1/s1. The minimum atomic E-state index is -4.44. The van der Waals surface area contributed by atoms with Crippen LogP contribution in [0.4, 0.5) is 13.2 Å². The van der Waals surface area contributed by atoms with Crippen LogP contribution < -0.4 is 14.8 Å². The van der Waals surface area contributed by atoms with Crippen molar-refractivity contribution in [2.24, 2.45) is 5.92 Å². The van der Waals surface area contributed by atoms with Gasteiger partial charge in [0.15, 0.2) is 0 Å². The third-order valence-corrected chi connectivity index (χ3v) is 6.30. The largest absolute Gasteiger partial charge is 0.489 e. The molecule has 160 valence electrons. The summed E-state index contributed by atoms with van der Waals surface area (Å²) >= 11 is 0. The Morgan fingerprint density at radius 3 is 2.37 bits per heavy atom. The van der Waals surface area contributed by atoms with E-state index in [1.165, 1.54) is 36.4 Å². The fourth-order valence-corrected chi connectivity index (χ4v) is 4.22. The Morgan fingerprint density at radius 1 is 1.17 bits per heavy atom. The molecule has 1 heterocycles. The number of rotatable bonds is 7. The first kappa shape index (κ1) is 22.1. The fourth-order valence-electron chi connectivity index (χ4n) is 3.18. The molecule has 0 aliphatic carbocycles. The molecule has 0 saturated carbocycles. The van der Waals surface area contributed by atoms with Crippen LogP contribution in [0.15, 0.2) is 53.4 Å². The number of ether oxygens (including phenoxy) is 1. The van der Waals surface area contributed by atoms with Crippen molar-refractivity contribution in [1.29, 1.82) is 5.26 Å². The molecule has 2 atom stereocenters. The van der Waals surface area contributed by atoms with Crippen molar-refractivity contribution in [1.82, 2.24) is 10.0 Å². The minimum Gasteiger partial charge on any atom is -0.489 e. The van der Waals surface area contributed by atoms with E-state index in [0.29, 0.717) is 12.1 Å². The average Bonchev–Trinajstić information content (AvgIpc) is 3.25. The van der Waals surface area contributed by atoms with Gasteiger partial charge in [-0.2, -0.15) is 18.4 Å². The van der Waals surface area contributed by atoms with Crippen molar-refractivity contribution in [2.75, 3.05) is 19.6 Å². The summed E-state index contributed by atoms with van der Waals surface area (Å²) < 4.78 is 71.7.